The van der Waals surface area contributed by atoms with Crippen molar-refractivity contribution in [2.75, 3.05) is 31.1 Å². The second kappa shape index (κ2) is 10.9. The van der Waals surface area contributed by atoms with Gasteiger partial charge in [0.05, 0.1) is 5.69 Å². The lowest BCUT2D eigenvalue weighted by Gasteiger charge is -2.29. The molecule has 4 rings (SSSR count). The molecule has 1 saturated heterocycles. The van der Waals surface area contributed by atoms with E-state index in [9.17, 15) is 4.79 Å². The number of aromatic nitrogens is 2. The molecule has 188 valence electrons. The fraction of sp³-hybridized carbons (Fsp3) is 0.679. The first-order valence-corrected chi connectivity index (χ1v) is 13.2. The topological polar surface area (TPSA) is 58.6 Å². The Morgan fingerprint density at radius 2 is 1.62 bits per heavy atom. The minimum Gasteiger partial charge on any atom is -0.444 e. The zero-order valence-corrected chi connectivity index (χ0v) is 22.4. The van der Waals surface area contributed by atoms with Crippen LogP contribution < -0.4 is 4.90 Å². The van der Waals surface area contributed by atoms with Crippen molar-refractivity contribution < 1.29 is 9.53 Å². The van der Waals surface area contributed by atoms with Gasteiger partial charge in [-0.05, 0) is 72.3 Å². The predicted molar refractivity (Wildman–Crippen MR) is 140 cm³/mol. The van der Waals surface area contributed by atoms with Crippen LogP contribution in [-0.2, 0) is 23.0 Å². The lowest BCUT2D eigenvalue weighted by Crippen LogP contribution is -2.38. The molecule has 6 nitrogen and oxygen atoms in total. The Morgan fingerprint density at radius 1 is 0.941 bits per heavy atom. The van der Waals surface area contributed by atoms with E-state index in [0.717, 1.165) is 56.1 Å². The van der Waals surface area contributed by atoms with E-state index in [-0.39, 0.29) is 11.5 Å². The van der Waals surface area contributed by atoms with Gasteiger partial charge in [-0.15, -0.1) is 0 Å². The lowest BCUT2D eigenvalue weighted by atomic mass is 9.80. The van der Waals surface area contributed by atoms with Gasteiger partial charge in [-0.3, -0.25) is 0 Å². The number of hydrogen-bond donors (Lipinski definition) is 0. The molecule has 1 amide bonds. The van der Waals surface area contributed by atoms with Gasteiger partial charge in [-0.2, -0.15) is 0 Å². The number of allylic oxidation sites excluding steroid dienone is 4. The van der Waals surface area contributed by atoms with Crippen molar-refractivity contribution in [3.8, 4) is 0 Å². The summed E-state index contributed by atoms with van der Waals surface area (Å²) in [7, 11) is 0. The van der Waals surface area contributed by atoms with Crippen LogP contribution in [0, 0.1) is 0 Å². The number of carbonyl (C=O) groups is 1. The van der Waals surface area contributed by atoms with E-state index in [1.807, 2.05) is 39.5 Å². The van der Waals surface area contributed by atoms with Crippen molar-refractivity contribution in [2.45, 2.75) is 98.0 Å². The van der Waals surface area contributed by atoms with Crippen LogP contribution in [0.3, 0.4) is 0 Å². The summed E-state index contributed by atoms with van der Waals surface area (Å²) in [5.41, 5.74) is 2.86. The molecule has 0 aromatic carbocycles. The first kappa shape index (κ1) is 26.2. The van der Waals surface area contributed by atoms with E-state index >= 15 is 0 Å². The molecule has 1 aliphatic carbocycles. The molecule has 0 saturated carbocycles. The number of fused-ring (bicyclic) bond motifs is 1. The maximum Gasteiger partial charge on any atom is 0.410 e. The van der Waals surface area contributed by atoms with E-state index in [1.54, 1.807) is 0 Å². The quantitative estimate of drug-likeness (QED) is 0.545. The molecule has 0 atom stereocenters. The Bertz CT molecular complexity index is 921. The first-order valence-electron chi connectivity index (χ1n) is 13.2. The highest BCUT2D eigenvalue weighted by atomic mass is 16.6. The summed E-state index contributed by atoms with van der Waals surface area (Å²) in [6, 6.07) is 0. The van der Waals surface area contributed by atoms with Crippen molar-refractivity contribution in [1.29, 1.82) is 0 Å². The van der Waals surface area contributed by atoms with Gasteiger partial charge < -0.3 is 14.5 Å². The number of carbonyl (C=O) groups excluding carboxylic acids is 1. The summed E-state index contributed by atoms with van der Waals surface area (Å²) >= 11 is 0. The molecule has 3 heterocycles. The van der Waals surface area contributed by atoms with E-state index in [2.05, 4.69) is 37.0 Å². The van der Waals surface area contributed by atoms with Crippen molar-refractivity contribution >= 4 is 11.9 Å². The predicted octanol–water partition coefficient (Wildman–Crippen LogP) is 5.99. The van der Waals surface area contributed by atoms with Crippen LogP contribution in [0.2, 0.25) is 0 Å². The molecule has 0 spiro atoms. The number of amides is 1. The Balaban J connectivity index is 0.00000158. The van der Waals surface area contributed by atoms with Gasteiger partial charge in [-0.1, -0.05) is 32.1 Å². The molecule has 0 radical (unpaired) electrons. The van der Waals surface area contributed by atoms with Gasteiger partial charge >= 0.3 is 6.09 Å². The SMILES string of the molecule is CC.CC(C)(C)OC(=O)N1CCc2nc(C(C)(C)C3=CCCC=C3)nc(N3CCCC3)c2CC1. The summed E-state index contributed by atoms with van der Waals surface area (Å²) in [5.74, 6) is 1.98. The molecule has 1 aromatic heterocycles. The molecule has 1 aromatic rings. The van der Waals surface area contributed by atoms with Crippen molar-refractivity contribution in [1.82, 2.24) is 14.9 Å². The molecule has 34 heavy (non-hydrogen) atoms. The van der Waals surface area contributed by atoms with E-state index in [4.69, 9.17) is 14.7 Å². The molecule has 0 unspecified atom stereocenters. The Morgan fingerprint density at radius 3 is 2.24 bits per heavy atom. The second-order valence-corrected chi connectivity index (χ2v) is 10.7. The largest absolute Gasteiger partial charge is 0.444 e. The summed E-state index contributed by atoms with van der Waals surface area (Å²) in [5, 5.41) is 0. The fourth-order valence-electron chi connectivity index (χ4n) is 4.76. The van der Waals surface area contributed by atoms with E-state index < -0.39 is 5.60 Å². The minimum absolute atomic E-state index is 0.237. The molecule has 1 fully saturated rings. The molecule has 0 bridgehead atoms. The summed E-state index contributed by atoms with van der Waals surface area (Å²) in [6.45, 7) is 17.6. The summed E-state index contributed by atoms with van der Waals surface area (Å²) < 4.78 is 5.64. The minimum atomic E-state index is -0.491. The van der Waals surface area contributed by atoms with Gasteiger partial charge in [0.1, 0.15) is 17.2 Å². The smallest absolute Gasteiger partial charge is 0.410 e. The van der Waals surface area contributed by atoms with Crippen LogP contribution >= 0.6 is 0 Å². The fourth-order valence-corrected chi connectivity index (χ4v) is 4.76. The Labute approximate surface area is 206 Å². The van der Waals surface area contributed by atoms with Crippen LogP contribution in [0.1, 0.15) is 91.2 Å². The zero-order valence-electron chi connectivity index (χ0n) is 22.4. The Hall–Kier alpha value is -2.37. The highest BCUT2D eigenvalue weighted by Gasteiger charge is 2.33. The van der Waals surface area contributed by atoms with Crippen LogP contribution in [0.5, 0.6) is 0 Å². The molecule has 2 aliphatic heterocycles. The second-order valence-electron chi connectivity index (χ2n) is 10.7. The van der Waals surface area contributed by atoms with Crippen molar-refractivity contribution in [3.05, 3.63) is 40.9 Å². The molecule has 6 heteroatoms. The van der Waals surface area contributed by atoms with Gasteiger partial charge in [-0.25, -0.2) is 14.8 Å². The van der Waals surface area contributed by atoms with Gasteiger partial charge in [0.2, 0.25) is 0 Å². The van der Waals surface area contributed by atoms with Gasteiger partial charge in [0, 0.05) is 43.6 Å². The Kier molecular flexibility index (Phi) is 8.43. The molecule has 0 N–H and O–H groups in total. The first-order chi connectivity index (χ1) is 16.1. The van der Waals surface area contributed by atoms with Gasteiger partial charge in [0.15, 0.2) is 0 Å². The number of anilines is 1. The average Bonchev–Trinajstić information content (AvgIpc) is 3.25. The normalized spacial score (nSPS) is 18.5. The third-order valence-corrected chi connectivity index (χ3v) is 6.65. The summed E-state index contributed by atoms with van der Waals surface area (Å²) in [6.07, 6.45) is 12.7. The maximum absolute atomic E-state index is 12.7. The zero-order chi connectivity index (χ0) is 24.9. The third kappa shape index (κ3) is 6.00. The molecular weight excluding hydrogens is 424 g/mol. The van der Waals surface area contributed by atoms with Crippen LogP contribution in [0.25, 0.3) is 0 Å². The number of rotatable bonds is 3. The van der Waals surface area contributed by atoms with E-state index in [0.29, 0.717) is 13.1 Å². The van der Waals surface area contributed by atoms with Crippen LogP contribution in [0.4, 0.5) is 10.6 Å². The lowest BCUT2D eigenvalue weighted by molar-refractivity contribution is 0.0258. The number of hydrogen-bond acceptors (Lipinski definition) is 5. The van der Waals surface area contributed by atoms with Gasteiger partial charge in [0.25, 0.3) is 0 Å². The molecule has 3 aliphatic rings. The number of ether oxygens (including phenoxy) is 1. The van der Waals surface area contributed by atoms with Crippen LogP contribution in [-0.4, -0.2) is 52.7 Å². The third-order valence-electron chi connectivity index (χ3n) is 6.65. The standard InChI is InChI=1S/C26H38N4O2.C2H6/c1-25(2,3)32-24(31)30-17-13-20-21(14-18-30)27-23(28-22(20)29-15-9-10-16-29)26(4,5)19-11-7-6-8-12-19;1-2/h7,11-12H,6,8-10,13-18H2,1-5H3;1-2H3. The van der Waals surface area contributed by atoms with E-state index in [1.165, 1.54) is 24.0 Å². The van der Waals surface area contributed by atoms with Crippen molar-refractivity contribution in [2.24, 2.45) is 0 Å². The monoisotopic (exact) mass is 468 g/mol. The van der Waals surface area contributed by atoms with Crippen molar-refractivity contribution in [3.63, 3.8) is 0 Å². The summed E-state index contributed by atoms with van der Waals surface area (Å²) in [4.78, 5) is 27.3. The maximum atomic E-state index is 12.7. The highest BCUT2D eigenvalue weighted by molar-refractivity contribution is 5.68. The number of nitrogens with zero attached hydrogens (tertiary/aromatic N) is 4. The average molecular weight is 469 g/mol. The highest BCUT2D eigenvalue weighted by Crippen LogP contribution is 2.36. The van der Waals surface area contributed by atoms with Crippen LogP contribution in [0.15, 0.2) is 23.8 Å². The molecular formula is C28H44N4O2.